The molecule has 0 spiro atoms. The summed E-state index contributed by atoms with van der Waals surface area (Å²) in [6.07, 6.45) is 14.8. The molecule has 9 heteroatoms. The number of aromatic nitrogens is 5. The zero-order chi connectivity index (χ0) is 30.9. The highest BCUT2D eigenvalue weighted by atomic mass is 15.4. The number of nitrogen functional groups attached to an aromatic ring is 1. The van der Waals surface area contributed by atoms with Gasteiger partial charge >= 0.3 is 0 Å². The second kappa shape index (κ2) is 13.1. The summed E-state index contributed by atoms with van der Waals surface area (Å²) in [6, 6.07) is 18.0. The van der Waals surface area contributed by atoms with Crippen molar-refractivity contribution < 1.29 is 0 Å². The maximum Gasteiger partial charge on any atom is 0.248 e. The van der Waals surface area contributed by atoms with Gasteiger partial charge in [-0.25, -0.2) is 0 Å². The second-order valence-corrected chi connectivity index (χ2v) is 14.0. The minimum absolute atomic E-state index is 0.295. The van der Waals surface area contributed by atoms with E-state index < -0.39 is 0 Å². The van der Waals surface area contributed by atoms with E-state index in [4.69, 9.17) is 10.8 Å². The van der Waals surface area contributed by atoms with E-state index in [1.807, 2.05) is 0 Å². The molecule has 1 atom stereocenters. The van der Waals surface area contributed by atoms with Gasteiger partial charge in [0.1, 0.15) is 0 Å². The zero-order valence-electron chi connectivity index (χ0n) is 27.0. The summed E-state index contributed by atoms with van der Waals surface area (Å²) in [5.74, 6) is 2.25. The molecule has 2 aliphatic heterocycles. The van der Waals surface area contributed by atoms with Crippen molar-refractivity contribution in [3.63, 3.8) is 0 Å². The smallest absolute Gasteiger partial charge is 0.248 e. The lowest BCUT2D eigenvalue weighted by molar-refractivity contribution is 0.0969. The van der Waals surface area contributed by atoms with Gasteiger partial charge < -0.3 is 20.9 Å². The quantitative estimate of drug-likeness (QED) is 0.255. The average molecular weight is 618 g/mol. The molecule has 9 nitrogen and oxygen atoms in total. The number of fused-ring (bicyclic) bond motifs is 4. The van der Waals surface area contributed by atoms with E-state index in [9.17, 15) is 0 Å². The van der Waals surface area contributed by atoms with Crippen LogP contribution in [0.3, 0.4) is 0 Å². The van der Waals surface area contributed by atoms with Crippen molar-refractivity contribution in [1.29, 1.82) is 0 Å². The van der Waals surface area contributed by atoms with Crippen molar-refractivity contribution in [2.45, 2.75) is 83.1 Å². The summed E-state index contributed by atoms with van der Waals surface area (Å²) in [5, 5.41) is 17.3. The van der Waals surface area contributed by atoms with Gasteiger partial charge in [0, 0.05) is 23.8 Å². The number of nitrogens with one attached hydrogen (secondary N) is 1. The molecule has 3 N–H and O–H groups in total. The average Bonchev–Trinajstić information content (AvgIpc) is 3.22. The van der Waals surface area contributed by atoms with E-state index in [1.54, 1.807) is 4.68 Å². The van der Waals surface area contributed by atoms with E-state index in [0.29, 0.717) is 23.8 Å². The van der Waals surface area contributed by atoms with Gasteiger partial charge in [-0.05, 0) is 143 Å². The molecule has 4 aromatic rings. The molecule has 2 aliphatic carbocycles. The molecule has 4 heterocycles. The fourth-order valence-electron chi connectivity index (χ4n) is 8.39. The van der Waals surface area contributed by atoms with Gasteiger partial charge in [-0.3, -0.25) is 0 Å². The van der Waals surface area contributed by atoms with Crippen molar-refractivity contribution in [3.05, 3.63) is 70.8 Å². The predicted molar refractivity (Wildman–Crippen MR) is 184 cm³/mol. The Labute approximate surface area is 272 Å². The molecule has 46 heavy (non-hydrogen) atoms. The van der Waals surface area contributed by atoms with E-state index in [2.05, 4.69) is 78.8 Å². The van der Waals surface area contributed by atoms with E-state index >= 15 is 0 Å². The van der Waals surface area contributed by atoms with Crippen LogP contribution in [0.1, 0.15) is 73.6 Å². The molecule has 0 radical (unpaired) electrons. The summed E-state index contributed by atoms with van der Waals surface area (Å²) in [4.78, 5) is 10.1. The fourth-order valence-corrected chi connectivity index (χ4v) is 8.39. The molecular formula is C37H47N9. The van der Waals surface area contributed by atoms with Crippen LogP contribution in [0.15, 0.2) is 48.5 Å². The van der Waals surface area contributed by atoms with Gasteiger partial charge in [0.2, 0.25) is 11.9 Å². The lowest BCUT2D eigenvalue weighted by atomic mass is 9.93. The number of rotatable bonds is 6. The normalized spacial score (nSPS) is 21.1. The van der Waals surface area contributed by atoms with Crippen molar-refractivity contribution in [1.82, 2.24) is 34.8 Å². The minimum Gasteiger partial charge on any atom is -0.368 e. The molecule has 4 aliphatic rings. The molecule has 0 amide bonds. The number of benzene rings is 2. The molecule has 0 bridgehead atoms. The van der Waals surface area contributed by atoms with Crippen LogP contribution in [0.25, 0.3) is 17.1 Å². The van der Waals surface area contributed by atoms with Crippen LogP contribution in [-0.2, 0) is 25.7 Å². The summed E-state index contributed by atoms with van der Waals surface area (Å²) >= 11 is 0. The van der Waals surface area contributed by atoms with Crippen molar-refractivity contribution in [2.24, 2.45) is 5.92 Å². The monoisotopic (exact) mass is 617 g/mol. The maximum atomic E-state index is 6.36. The molecule has 0 saturated carbocycles. The van der Waals surface area contributed by atoms with Gasteiger partial charge in [-0.1, -0.05) is 36.8 Å². The number of piperidine rings is 2. The summed E-state index contributed by atoms with van der Waals surface area (Å²) in [7, 11) is 0. The first-order chi connectivity index (χ1) is 22.7. The number of anilines is 3. The largest absolute Gasteiger partial charge is 0.368 e. The third-order valence-electron chi connectivity index (χ3n) is 11.0. The Morgan fingerprint density at radius 2 is 1.54 bits per heavy atom. The zero-order valence-corrected chi connectivity index (χ0v) is 27.0. The first-order valence-corrected chi connectivity index (χ1v) is 17.7. The number of hydrogen-bond donors (Lipinski definition) is 2. The lowest BCUT2D eigenvalue weighted by Gasteiger charge is -2.39. The third-order valence-corrected chi connectivity index (χ3v) is 11.0. The second-order valence-electron chi connectivity index (χ2n) is 14.0. The molecule has 1 unspecified atom stereocenters. The third kappa shape index (κ3) is 6.27. The standard InChI is InChI=1S/C37H47N9/c38-36-40-37(43-46(36)34-24-30-9-6-8-28-7-2-3-10-33(28)35(30)42-41-34)39-31-14-11-27-12-15-32(16-13-29(27)23-31)45-21-17-26(18-22-45)25-44-19-4-1-5-20-44/h2-3,7,10-11,14,23-24,26,32H,1,4-6,8-9,12-13,15-22,25H2,(H3,38,39,40,43). The van der Waals surface area contributed by atoms with Gasteiger partial charge in [0.15, 0.2) is 5.82 Å². The molecule has 2 fully saturated rings. The number of nitrogens with zero attached hydrogens (tertiary/aromatic N) is 7. The minimum atomic E-state index is 0.295. The maximum absolute atomic E-state index is 6.36. The molecule has 2 aromatic heterocycles. The highest BCUT2D eigenvalue weighted by molar-refractivity contribution is 5.68. The SMILES string of the molecule is Nc1nc(Nc2ccc3c(c2)CCC(N2CCC(CN4CCCCC4)CC2)CC3)nn1-c1cc2c(nn1)-c1ccccc1CCC2. The molecule has 240 valence electrons. The Morgan fingerprint density at radius 3 is 2.41 bits per heavy atom. The van der Waals surface area contributed by atoms with Crippen LogP contribution in [0, 0.1) is 5.92 Å². The number of nitrogens with two attached hydrogens (primary N) is 1. The van der Waals surface area contributed by atoms with E-state index in [0.717, 1.165) is 49.4 Å². The van der Waals surface area contributed by atoms with Gasteiger partial charge in [0.05, 0.1) is 5.69 Å². The molecule has 2 aromatic carbocycles. The Balaban J connectivity index is 0.905. The first kappa shape index (κ1) is 29.6. The summed E-state index contributed by atoms with van der Waals surface area (Å²) in [6.45, 7) is 6.51. The van der Waals surface area contributed by atoms with Crippen molar-refractivity contribution >= 4 is 17.6 Å². The molecular weight excluding hydrogens is 570 g/mol. The fraction of sp³-hybridized carbons (Fsp3) is 0.514. The topological polar surface area (TPSA) is 101 Å². The molecule has 8 rings (SSSR count). The highest BCUT2D eigenvalue weighted by Crippen LogP contribution is 2.32. The number of aryl methyl sites for hydroxylation is 4. The Morgan fingerprint density at radius 1 is 0.739 bits per heavy atom. The highest BCUT2D eigenvalue weighted by Gasteiger charge is 2.28. The van der Waals surface area contributed by atoms with Gasteiger partial charge in [-0.2, -0.15) is 9.67 Å². The lowest BCUT2D eigenvalue weighted by Crippen LogP contribution is -2.44. The van der Waals surface area contributed by atoms with Crippen LogP contribution < -0.4 is 11.1 Å². The number of hydrogen-bond acceptors (Lipinski definition) is 8. The van der Waals surface area contributed by atoms with Gasteiger partial charge in [-0.15, -0.1) is 15.3 Å². The predicted octanol–water partition coefficient (Wildman–Crippen LogP) is 5.98. The number of likely N-dealkylation sites (tertiary alicyclic amines) is 2. The summed E-state index contributed by atoms with van der Waals surface area (Å²) in [5.41, 5.74) is 14.9. The van der Waals surface area contributed by atoms with Crippen molar-refractivity contribution in [3.8, 4) is 17.1 Å². The van der Waals surface area contributed by atoms with Crippen LogP contribution in [-0.4, -0.2) is 73.5 Å². The van der Waals surface area contributed by atoms with Crippen LogP contribution in [0.4, 0.5) is 17.6 Å². The van der Waals surface area contributed by atoms with Crippen molar-refractivity contribution in [2.75, 3.05) is 43.8 Å². The van der Waals surface area contributed by atoms with E-state index in [-0.39, 0.29) is 0 Å². The Kier molecular flexibility index (Phi) is 8.44. The van der Waals surface area contributed by atoms with Crippen LogP contribution in [0.2, 0.25) is 0 Å². The van der Waals surface area contributed by atoms with E-state index in [1.165, 1.54) is 105 Å². The summed E-state index contributed by atoms with van der Waals surface area (Å²) < 4.78 is 1.59. The van der Waals surface area contributed by atoms with Crippen LogP contribution >= 0.6 is 0 Å². The Hall–Kier alpha value is -3.82. The molecule has 2 saturated heterocycles. The Bertz CT molecular complexity index is 1670. The first-order valence-electron chi connectivity index (χ1n) is 17.7. The van der Waals surface area contributed by atoms with Crippen LogP contribution in [0.5, 0.6) is 0 Å². The van der Waals surface area contributed by atoms with Gasteiger partial charge in [0.25, 0.3) is 0 Å².